The van der Waals surface area contributed by atoms with Gasteiger partial charge in [-0.3, -0.25) is 9.52 Å². The van der Waals surface area contributed by atoms with E-state index in [1.807, 2.05) is 4.72 Å². The Bertz CT molecular complexity index is 992. The third kappa shape index (κ3) is 3.97. The molecule has 142 valence electrons. The Morgan fingerprint density at radius 3 is 2.11 bits per heavy atom. The lowest BCUT2D eigenvalue weighted by molar-refractivity contribution is 0.0589. The van der Waals surface area contributed by atoms with Gasteiger partial charge in [0.25, 0.3) is 10.0 Å². The van der Waals surface area contributed by atoms with E-state index in [-0.39, 0.29) is 16.6 Å². The van der Waals surface area contributed by atoms with Gasteiger partial charge in [0.15, 0.2) is 5.78 Å². The van der Waals surface area contributed by atoms with E-state index in [0.29, 0.717) is 17.7 Å². The van der Waals surface area contributed by atoms with Crippen LogP contribution in [0.25, 0.3) is 0 Å². The third-order valence-electron chi connectivity index (χ3n) is 4.08. The molecule has 2 aromatic rings. The molecule has 0 aromatic heterocycles. The number of rotatable bonds is 6. The summed E-state index contributed by atoms with van der Waals surface area (Å²) in [5.74, 6) is -3.76. The molecule has 0 spiro atoms. The van der Waals surface area contributed by atoms with Crippen LogP contribution in [0.15, 0.2) is 41.3 Å². The zero-order valence-corrected chi connectivity index (χ0v) is 15.0. The number of ketones is 1. The molecule has 0 aliphatic heterocycles. The normalized spacial score (nSPS) is 13.9. The lowest BCUT2D eigenvalue weighted by Gasteiger charge is -2.10. The quantitative estimate of drug-likeness (QED) is 0.600. The molecule has 6 nitrogen and oxygen atoms in total. The van der Waals surface area contributed by atoms with Gasteiger partial charge in [0.1, 0.15) is 17.2 Å². The Balaban J connectivity index is 1.84. The number of halogens is 2. The van der Waals surface area contributed by atoms with Gasteiger partial charge < -0.3 is 4.74 Å². The van der Waals surface area contributed by atoms with Crippen molar-refractivity contribution in [2.24, 2.45) is 5.92 Å². The number of anilines is 1. The first kappa shape index (κ1) is 19.0. The maximum atomic E-state index is 13.9. The second-order valence-corrected chi connectivity index (χ2v) is 7.76. The van der Waals surface area contributed by atoms with Crippen molar-refractivity contribution in [2.75, 3.05) is 11.8 Å². The minimum absolute atomic E-state index is 0.00450. The Morgan fingerprint density at radius 2 is 1.63 bits per heavy atom. The zero-order valence-electron chi connectivity index (χ0n) is 14.2. The number of benzene rings is 2. The molecule has 1 fully saturated rings. The van der Waals surface area contributed by atoms with Crippen LogP contribution in [-0.4, -0.2) is 27.3 Å². The van der Waals surface area contributed by atoms with E-state index in [1.54, 1.807) is 0 Å². The maximum Gasteiger partial charge on any atom is 0.343 e. The van der Waals surface area contributed by atoms with Gasteiger partial charge in [-0.05, 0) is 37.1 Å². The molecule has 0 bridgehead atoms. The molecule has 0 atom stereocenters. The number of esters is 1. The van der Waals surface area contributed by atoms with Crippen LogP contribution in [0, 0.1) is 17.6 Å². The Labute approximate surface area is 154 Å². The highest BCUT2D eigenvalue weighted by Crippen LogP contribution is 2.32. The van der Waals surface area contributed by atoms with Crippen molar-refractivity contribution in [1.29, 1.82) is 0 Å². The number of nitrogens with one attached hydrogen (secondary N) is 1. The topological polar surface area (TPSA) is 89.5 Å². The van der Waals surface area contributed by atoms with Gasteiger partial charge in [-0.15, -0.1) is 0 Å². The number of sulfonamides is 1. The first-order chi connectivity index (χ1) is 12.7. The third-order valence-corrected chi connectivity index (χ3v) is 5.48. The van der Waals surface area contributed by atoms with Crippen LogP contribution in [0.5, 0.6) is 0 Å². The second kappa shape index (κ2) is 7.07. The number of hydrogen-bond acceptors (Lipinski definition) is 5. The summed E-state index contributed by atoms with van der Waals surface area (Å²) in [6.07, 6.45) is 1.66. The minimum Gasteiger partial charge on any atom is -0.465 e. The van der Waals surface area contributed by atoms with Gasteiger partial charge >= 0.3 is 5.97 Å². The molecule has 0 saturated heterocycles. The lowest BCUT2D eigenvalue weighted by atomic mass is 10.1. The summed E-state index contributed by atoms with van der Waals surface area (Å²) >= 11 is 0. The number of hydrogen-bond donors (Lipinski definition) is 1. The summed E-state index contributed by atoms with van der Waals surface area (Å²) in [6, 6.07) is 6.64. The molecule has 27 heavy (non-hydrogen) atoms. The summed E-state index contributed by atoms with van der Waals surface area (Å²) < 4.78 is 59.0. The first-order valence-electron chi connectivity index (χ1n) is 7.97. The van der Waals surface area contributed by atoms with E-state index in [1.165, 1.54) is 24.3 Å². The largest absolute Gasteiger partial charge is 0.465 e. The van der Waals surface area contributed by atoms with Gasteiger partial charge in [-0.2, -0.15) is 0 Å². The van der Waals surface area contributed by atoms with E-state index < -0.39 is 38.9 Å². The molecule has 0 radical (unpaired) electrons. The molecule has 3 rings (SSSR count). The van der Waals surface area contributed by atoms with Crippen molar-refractivity contribution in [3.63, 3.8) is 0 Å². The highest BCUT2D eigenvalue weighted by Gasteiger charge is 2.30. The molecule has 1 N–H and O–H groups in total. The van der Waals surface area contributed by atoms with Gasteiger partial charge in [0, 0.05) is 11.5 Å². The van der Waals surface area contributed by atoms with Crippen LogP contribution in [0.2, 0.25) is 0 Å². The molecule has 0 amide bonds. The SMILES string of the molecule is COC(=O)c1c(F)cc(NS(=O)(=O)c2ccc(C(=O)C3CC3)cc2)cc1F. The highest BCUT2D eigenvalue weighted by molar-refractivity contribution is 7.92. The van der Waals surface area contributed by atoms with E-state index >= 15 is 0 Å². The van der Waals surface area contributed by atoms with Crippen LogP contribution >= 0.6 is 0 Å². The van der Waals surface area contributed by atoms with Crippen LogP contribution in [0.1, 0.15) is 33.6 Å². The average Bonchev–Trinajstić information content (AvgIpc) is 3.45. The van der Waals surface area contributed by atoms with Gasteiger partial charge in [-0.25, -0.2) is 22.0 Å². The molecule has 0 heterocycles. The number of carbonyl (C=O) groups is 2. The summed E-state index contributed by atoms with van der Waals surface area (Å²) in [6.45, 7) is 0. The van der Waals surface area contributed by atoms with Crippen molar-refractivity contribution < 1.29 is 31.5 Å². The van der Waals surface area contributed by atoms with Crippen LogP contribution < -0.4 is 4.72 Å². The van der Waals surface area contributed by atoms with E-state index in [4.69, 9.17) is 0 Å². The maximum absolute atomic E-state index is 13.9. The van der Waals surface area contributed by atoms with Crippen molar-refractivity contribution in [3.05, 3.63) is 59.2 Å². The molecule has 1 aliphatic carbocycles. The fourth-order valence-corrected chi connectivity index (χ4v) is 3.56. The van der Waals surface area contributed by atoms with Gasteiger partial charge in [0.2, 0.25) is 0 Å². The predicted octanol–water partition coefficient (Wildman–Crippen LogP) is 3.14. The van der Waals surface area contributed by atoms with E-state index in [9.17, 15) is 26.8 Å². The molecular weight excluding hydrogens is 380 g/mol. The molecule has 1 aliphatic rings. The number of ether oxygens (including phenoxy) is 1. The summed E-state index contributed by atoms with van der Waals surface area (Å²) in [5.41, 5.74) is -0.893. The van der Waals surface area contributed by atoms with E-state index in [0.717, 1.165) is 20.0 Å². The van der Waals surface area contributed by atoms with Crippen molar-refractivity contribution in [3.8, 4) is 0 Å². The smallest absolute Gasteiger partial charge is 0.343 e. The molecular formula is C18H15F2NO5S. The van der Waals surface area contributed by atoms with Crippen molar-refractivity contribution in [2.45, 2.75) is 17.7 Å². The molecule has 2 aromatic carbocycles. The van der Waals surface area contributed by atoms with Crippen LogP contribution in [-0.2, 0) is 14.8 Å². The number of Topliss-reactive ketones (excluding diaryl/α,β-unsaturated/α-hetero) is 1. The zero-order chi connectivity index (χ0) is 19.8. The second-order valence-electron chi connectivity index (χ2n) is 6.07. The molecule has 9 heteroatoms. The molecule has 1 saturated carbocycles. The van der Waals surface area contributed by atoms with Crippen molar-refractivity contribution in [1.82, 2.24) is 0 Å². The fraction of sp³-hybridized carbons (Fsp3) is 0.222. The minimum atomic E-state index is -4.14. The Kier molecular flexibility index (Phi) is 4.97. The monoisotopic (exact) mass is 395 g/mol. The highest BCUT2D eigenvalue weighted by atomic mass is 32.2. The lowest BCUT2D eigenvalue weighted by Crippen LogP contribution is -2.15. The number of carbonyl (C=O) groups excluding carboxylic acids is 2. The predicted molar refractivity (Wildman–Crippen MR) is 92.0 cm³/mol. The summed E-state index contributed by atoms with van der Waals surface area (Å²) in [5, 5.41) is 0. The Hall–Kier alpha value is -2.81. The summed E-state index contributed by atoms with van der Waals surface area (Å²) in [7, 11) is -3.18. The van der Waals surface area contributed by atoms with Crippen molar-refractivity contribution >= 4 is 27.5 Å². The fourth-order valence-electron chi connectivity index (χ4n) is 2.52. The van der Waals surface area contributed by atoms with Crippen LogP contribution in [0.3, 0.4) is 0 Å². The van der Waals surface area contributed by atoms with Gasteiger partial charge in [0.05, 0.1) is 17.7 Å². The van der Waals surface area contributed by atoms with Crippen LogP contribution in [0.4, 0.5) is 14.5 Å². The first-order valence-corrected chi connectivity index (χ1v) is 9.45. The summed E-state index contributed by atoms with van der Waals surface area (Å²) in [4.78, 5) is 23.1. The molecule has 0 unspecified atom stereocenters. The standard InChI is InChI=1S/C18H15F2NO5S/c1-26-18(23)16-14(19)8-12(9-15(16)20)21-27(24,25)13-6-4-11(5-7-13)17(22)10-2-3-10/h4-10,21H,2-3H2,1H3. The average molecular weight is 395 g/mol. The number of methoxy groups -OCH3 is 1. The van der Waals surface area contributed by atoms with Gasteiger partial charge in [-0.1, -0.05) is 12.1 Å². The Morgan fingerprint density at radius 1 is 1.07 bits per heavy atom. The van der Waals surface area contributed by atoms with E-state index in [2.05, 4.69) is 4.74 Å².